The maximum atomic E-state index is 12.9. The van der Waals surface area contributed by atoms with Gasteiger partial charge in [-0.15, -0.1) is 0 Å². The van der Waals surface area contributed by atoms with Gasteiger partial charge >= 0.3 is 0 Å². The van der Waals surface area contributed by atoms with Gasteiger partial charge in [-0.2, -0.15) is 15.1 Å². The molecule has 2 heterocycles. The summed E-state index contributed by atoms with van der Waals surface area (Å²) in [6.45, 7) is 3.44. The summed E-state index contributed by atoms with van der Waals surface area (Å²) in [7, 11) is 1.52. The van der Waals surface area contributed by atoms with E-state index in [0.29, 0.717) is 52.1 Å². The van der Waals surface area contributed by atoms with Crippen LogP contribution < -0.4 is 18.9 Å². The van der Waals surface area contributed by atoms with Gasteiger partial charge in [0.1, 0.15) is 29.8 Å². The predicted octanol–water partition coefficient (Wildman–Crippen LogP) is 7.96. The van der Waals surface area contributed by atoms with Gasteiger partial charge in [0.15, 0.2) is 17.3 Å². The fourth-order valence-corrected chi connectivity index (χ4v) is 6.64. The molecule has 0 unspecified atom stereocenters. The van der Waals surface area contributed by atoms with Gasteiger partial charge in [-0.3, -0.25) is 10.2 Å². The Labute approximate surface area is 268 Å². The summed E-state index contributed by atoms with van der Waals surface area (Å²) in [4.78, 5) is 17.2. The molecule has 0 aromatic heterocycles. The topological polar surface area (TPSA) is 106 Å². The minimum Gasteiger partial charge on any atom is -0.494 e. The van der Waals surface area contributed by atoms with Crippen LogP contribution in [0.3, 0.4) is 0 Å². The summed E-state index contributed by atoms with van der Waals surface area (Å²) in [5, 5.41) is 16.6. The minimum absolute atomic E-state index is 0.00237. The molecular weight excluding hydrogens is 600 g/mol. The molecule has 1 saturated carbocycles. The normalized spacial score (nSPS) is 17.8. The van der Waals surface area contributed by atoms with Crippen molar-refractivity contribution in [2.75, 3.05) is 26.9 Å². The van der Waals surface area contributed by atoms with Gasteiger partial charge in [-0.05, 0) is 79.1 Å². The average molecular weight is 639 g/mol. The number of halogens is 1. The van der Waals surface area contributed by atoms with Gasteiger partial charge in [0.25, 0.3) is 5.91 Å². The Hall–Kier alpha value is -3.50. The number of amides is 1. The second-order valence-corrected chi connectivity index (χ2v) is 12.3. The Bertz CT molecular complexity index is 1440. The van der Waals surface area contributed by atoms with E-state index in [0.717, 1.165) is 30.1 Å². The molecule has 5 rings (SSSR count). The van der Waals surface area contributed by atoms with E-state index >= 15 is 0 Å². The number of amidine groups is 2. The van der Waals surface area contributed by atoms with Gasteiger partial charge in [0, 0.05) is 5.92 Å². The Balaban J connectivity index is 1.17. The van der Waals surface area contributed by atoms with Gasteiger partial charge in [0.2, 0.25) is 5.17 Å². The van der Waals surface area contributed by atoms with Crippen LogP contribution in [0.15, 0.2) is 52.1 Å². The first-order valence-corrected chi connectivity index (χ1v) is 16.5. The Morgan fingerprint density at radius 1 is 1.00 bits per heavy atom. The monoisotopic (exact) mass is 638 g/mol. The molecule has 2 aromatic rings. The van der Waals surface area contributed by atoms with E-state index in [-0.39, 0.29) is 18.0 Å². The quantitative estimate of drug-likeness (QED) is 0.165. The van der Waals surface area contributed by atoms with Crippen molar-refractivity contribution >= 4 is 51.4 Å². The third-order valence-corrected chi connectivity index (χ3v) is 9.03. The molecule has 11 heteroatoms. The lowest BCUT2D eigenvalue weighted by Gasteiger charge is -2.20. The van der Waals surface area contributed by atoms with Crippen molar-refractivity contribution in [2.24, 2.45) is 16.0 Å². The number of nitrogens with one attached hydrogen (secondary N) is 1. The lowest BCUT2D eigenvalue weighted by atomic mass is 9.90. The highest BCUT2D eigenvalue weighted by atomic mass is 35.5. The third-order valence-electron chi connectivity index (χ3n) is 7.68. The highest BCUT2D eigenvalue weighted by Crippen LogP contribution is 2.39. The Kier molecular flexibility index (Phi) is 11.2. The van der Waals surface area contributed by atoms with E-state index in [1.54, 1.807) is 18.2 Å². The standard InChI is InChI=1S/C33H39ClN4O5S/c1-3-4-5-9-16-41-24-12-14-25(15-13-24)42-17-18-43-29-27(34)20-22(21-28(29)40-2)19-26-30(35)38-33(36-31(26)39)44-32(37-38)23-10-7-6-8-11-23/h12-15,19-21,23,35H,3-11,16-18H2,1-2H3/b26-19-,35-30?. The summed E-state index contributed by atoms with van der Waals surface area (Å²) >= 11 is 7.99. The van der Waals surface area contributed by atoms with E-state index in [1.165, 1.54) is 62.4 Å². The van der Waals surface area contributed by atoms with Crippen LogP contribution in [0.2, 0.25) is 5.02 Å². The number of carbonyl (C=O) groups is 1. The lowest BCUT2D eigenvalue weighted by molar-refractivity contribution is -0.114. The predicted molar refractivity (Wildman–Crippen MR) is 177 cm³/mol. The van der Waals surface area contributed by atoms with Crippen LogP contribution in [-0.4, -0.2) is 53.9 Å². The van der Waals surface area contributed by atoms with Crippen LogP contribution in [0.1, 0.15) is 70.3 Å². The number of hydrogen-bond donors (Lipinski definition) is 1. The van der Waals surface area contributed by atoms with Crippen molar-refractivity contribution in [3.63, 3.8) is 0 Å². The van der Waals surface area contributed by atoms with Crippen LogP contribution in [0.5, 0.6) is 23.0 Å². The molecule has 2 aromatic carbocycles. The first-order chi connectivity index (χ1) is 21.5. The maximum absolute atomic E-state index is 12.9. The zero-order valence-corrected chi connectivity index (χ0v) is 26.8. The highest BCUT2D eigenvalue weighted by Gasteiger charge is 2.38. The number of benzene rings is 2. The molecule has 0 radical (unpaired) electrons. The number of aliphatic imine (C=N–C) groups is 1. The van der Waals surface area contributed by atoms with Crippen molar-refractivity contribution < 1.29 is 23.7 Å². The molecule has 3 aliphatic rings. The molecule has 1 fully saturated rings. The molecule has 9 nitrogen and oxygen atoms in total. The van der Waals surface area contributed by atoms with Gasteiger partial charge < -0.3 is 18.9 Å². The Morgan fingerprint density at radius 3 is 2.41 bits per heavy atom. The second-order valence-electron chi connectivity index (χ2n) is 10.9. The number of rotatable bonds is 14. The number of unbranched alkanes of at least 4 members (excludes halogenated alkanes) is 3. The third kappa shape index (κ3) is 7.95. The maximum Gasteiger partial charge on any atom is 0.283 e. The molecule has 1 aliphatic carbocycles. The fraction of sp³-hybridized carbons (Fsp3) is 0.455. The molecule has 1 N–H and O–H groups in total. The number of hydrogen-bond acceptors (Lipinski definition) is 8. The smallest absolute Gasteiger partial charge is 0.283 e. The summed E-state index contributed by atoms with van der Waals surface area (Å²) in [5.41, 5.74) is 0.717. The van der Waals surface area contributed by atoms with Gasteiger partial charge in [0.05, 0.1) is 24.3 Å². The highest BCUT2D eigenvalue weighted by molar-refractivity contribution is 8.27. The van der Waals surface area contributed by atoms with Gasteiger partial charge in [-0.25, -0.2) is 0 Å². The van der Waals surface area contributed by atoms with Crippen molar-refractivity contribution in [1.29, 1.82) is 5.41 Å². The average Bonchev–Trinajstić information content (AvgIpc) is 3.47. The van der Waals surface area contributed by atoms with Crippen molar-refractivity contribution in [3.05, 3.63) is 52.6 Å². The number of methoxy groups -OCH3 is 1. The van der Waals surface area contributed by atoms with Crippen molar-refractivity contribution in [1.82, 2.24) is 5.01 Å². The molecule has 0 spiro atoms. The number of fused-ring (bicyclic) bond motifs is 1. The number of nitrogens with zero attached hydrogens (tertiary/aromatic N) is 3. The summed E-state index contributed by atoms with van der Waals surface area (Å²) < 4.78 is 23.1. The molecule has 2 aliphatic heterocycles. The molecule has 1 amide bonds. The molecule has 0 bridgehead atoms. The van der Waals surface area contributed by atoms with Gasteiger partial charge in [-0.1, -0.05) is 57.0 Å². The molecule has 0 saturated heterocycles. The summed E-state index contributed by atoms with van der Waals surface area (Å²) in [5.74, 6) is 2.19. The molecule has 44 heavy (non-hydrogen) atoms. The van der Waals surface area contributed by atoms with Crippen LogP contribution in [0.25, 0.3) is 6.08 Å². The largest absolute Gasteiger partial charge is 0.494 e. The van der Waals surface area contributed by atoms with E-state index in [2.05, 4.69) is 17.0 Å². The minimum atomic E-state index is -0.479. The zero-order valence-electron chi connectivity index (χ0n) is 25.3. The molecule has 0 atom stereocenters. The van der Waals surface area contributed by atoms with E-state index in [9.17, 15) is 4.79 Å². The van der Waals surface area contributed by atoms with E-state index in [1.807, 2.05) is 24.3 Å². The second kappa shape index (κ2) is 15.5. The zero-order chi connectivity index (χ0) is 30.9. The SMILES string of the molecule is CCCCCCOc1ccc(OCCOc2c(Cl)cc(/C=C3/C(=N)N4N=C(C5CCCCC5)SC4=NC3=O)cc2OC)cc1. The van der Waals surface area contributed by atoms with Crippen LogP contribution in [0, 0.1) is 11.3 Å². The number of thioether (sulfide) groups is 1. The van der Waals surface area contributed by atoms with Crippen molar-refractivity contribution in [2.45, 2.75) is 64.7 Å². The Morgan fingerprint density at radius 2 is 1.70 bits per heavy atom. The van der Waals surface area contributed by atoms with Crippen LogP contribution in [0.4, 0.5) is 0 Å². The number of hydrazone groups is 1. The fourth-order valence-electron chi connectivity index (χ4n) is 5.31. The van der Waals surface area contributed by atoms with Crippen LogP contribution in [-0.2, 0) is 4.79 Å². The van der Waals surface area contributed by atoms with E-state index in [4.69, 9.17) is 36.0 Å². The summed E-state index contributed by atoms with van der Waals surface area (Å²) in [6, 6.07) is 10.9. The first kappa shape index (κ1) is 31.9. The number of ether oxygens (including phenoxy) is 4. The number of carbonyl (C=O) groups excluding carboxylic acids is 1. The van der Waals surface area contributed by atoms with Crippen molar-refractivity contribution in [3.8, 4) is 23.0 Å². The summed E-state index contributed by atoms with van der Waals surface area (Å²) in [6.07, 6.45) is 12.0. The first-order valence-electron chi connectivity index (χ1n) is 15.3. The van der Waals surface area contributed by atoms with Crippen LogP contribution >= 0.6 is 23.4 Å². The van der Waals surface area contributed by atoms with E-state index < -0.39 is 5.91 Å². The lowest BCUT2D eigenvalue weighted by Crippen LogP contribution is -2.35. The molecular formula is C33H39ClN4O5S. The molecule has 234 valence electrons.